The number of hydrogen-bond donors (Lipinski definition) is 16. The lowest BCUT2D eigenvalue weighted by Crippen LogP contribution is -2.64. The molecule has 3 fully saturated rings. The molecule has 22 heteroatoms. The topological polar surface area (TPSA) is 387 Å². The maximum Gasteiger partial charge on any atom is 0.187 e. The van der Waals surface area contributed by atoms with Crippen molar-refractivity contribution in [3.05, 3.63) is 0 Å². The fourth-order valence-corrected chi connectivity index (χ4v) is 4.68. The number of aliphatic hydroxyl groups is 16. The Labute approximate surface area is 260 Å². The van der Waals surface area contributed by atoms with Crippen LogP contribution >= 0.6 is 0 Å². The predicted molar refractivity (Wildman–Crippen MR) is 138 cm³/mol. The third-order valence-corrected chi connectivity index (χ3v) is 7.51. The van der Waals surface area contributed by atoms with E-state index in [0.717, 1.165) is 0 Å². The van der Waals surface area contributed by atoms with Crippen LogP contribution in [0.3, 0.4) is 0 Å². The van der Waals surface area contributed by atoms with Crippen molar-refractivity contribution in [3.8, 4) is 0 Å². The van der Waals surface area contributed by atoms with Gasteiger partial charge in [-0.15, -0.1) is 0 Å². The van der Waals surface area contributed by atoms with E-state index >= 15 is 0 Å². The van der Waals surface area contributed by atoms with Crippen molar-refractivity contribution in [2.75, 3.05) is 26.4 Å². The lowest BCUT2D eigenvalue weighted by Gasteiger charge is -2.45. The second kappa shape index (κ2) is 18.6. The van der Waals surface area contributed by atoms with Gasteiger partial charge in [-0.3, -0.25) is 0 Å². The van der Waals surface area contributed by atoms with Gasteiger partial charge < -0.3 is 110 Å². The van der Waals surface area contributed by atoms with Gasteiger partial charge >= 0.3 is 0 Å². The zero-order valence-corrected chi connectivity index (χ0v) is 24.0. The molecule has 3 rings (SSSR count). The van der Waals surface area contributed by atoms with Crippen molar-refractivity contribution in [2.45, 2.75) is 117 Å². The van der Waals surface area contributed by atoms with Crippen molar-refractivity contribution in [2.24, 2.45) is 0 Å². The molecule has 0 spiro atoms. The second-order valence-corrected chi connectivity index (χ2v) is 10.7. The molecule has 0 aromatic heterocycles. The minimum Gasteiger partial charge on any atom is -0.394 e. The van der Waals surface area contributed by atoms with Crippen LogP contribution in [0.25, 0.3) is 0 Å². The smallest absolute Gasteiger partial charge is 0.187 e. The molecule has 46 heavy (non-hydrogen) atoms. The number of rotatable bonds is 12. The Kier molecular flexibility index (Phi) is 16.5. The van der Waals surface area contributed by atoms with Crippen molar-refractivity contribution < 1.29 is 110 Å². The molecule has 272 valence electrons. The molecule has 0 amide bonds. The van der Waals surface area contributed by atoms with Gasteiger partial charge in [0.2, 0.25) is 0 Å². The Morgan fingerprint density at radius 1 is 0.587 bits per heavy atom. The zero-order valence-electron chi connectivity index (χ0n) is 24.0. The highest BCUT2D eigenvalue weighted by Crippen LogP contribution is 2.29. The molecule has 0 aromatic rings. The molecule has 2 unspecified atom stereocenters. The summed E-state index contributed by atoms with van der Waals surface area (Å²) in [5.41, 5.74) is 0. The quantitative estimate of drug-likeness (QED) is 0.0848. The lowest BCUT2D eigenvalue weighted by atomic mass is 9.97. The number of hydrogen-bond acceptors (Lipinski definition) is 22. The molecule has 3 aliphatic rings. The molecule has 0 aromatic carbocycles. The molecule has 22 nitrogen and oxygen atoms in total. The molecule has 16 N–H and O–H groups in total. The first-order valence-corrected chi connectivity index (χ1v) is 13.9. The Morgan fingerprint density at radius 3 is 1.52 bits per heavy atom. The Balaban J connectivity index is 0.000000320. The molecule has 0 radical (unpaired) electrons. The Hall–Kier alpha value is -1.17. The van der Waals surface area contributed by atoms with E-state index in [-0.39, 0.29) is 6.29 Å². The summed E-state index contributed by atoms with van der Waals surface area (Å²) in [5.74, 6) is 0. The van der Waals surface area contributed by atoms with Crippen LogP contribution in [-0.2, 0) is 28.5 Å². The van der Waals surface area contributed by atoms with Gasteiger partial charge in [0.15, 0.2) is 25.2 Å². The minimum absolute atomic E-state index is 0.0294. The Morgan fingerprint density at radius 2 is 1.07 bits per heavy atom. The summed E-state index contributed by atoms with van der Waals surface area (Å²) in [7, 11) is 0. The lowest BCUT2D eigenvalue weighted by molar-refractivity contribution is -0.355. The summed E-state index contributed by atoms with van der Waals surface area (Å²) in [4.78, 5) is 10.5. The maximum atomic E-state index is 10.5. The normalized spacial score (nSPS) is 44.3. The van der Waals surface area contributed by atoms with Gasteiger partial charge in [0.05, 0.1) is 26.4 Å². The fourth-order valence-electron chi connectivity index (χ4n) is 4.68. The highest BCUT2D eigenvalue weighted by atomic mass is 16.7. The van der Waals surface area contributed by atoms with E-state index in [1.807, 2.05) is 0 Å². The molecule has 19 atom stereocenters. The molecule has 0 bridgehead atoms. The van der Waals surface area contributed by atoms with Gasteiger partial charge in [0.1, 0.15) is 97.7 Å². The summed E-state index contributed by atoms with van der Waals surface area (Å²) in [6.07, 6.45) is -31.3. The predicted octanol–water partition coefficient (Wildman–Crippen LogP) is -11.0. The van der Waals surface area contributed by atoms with Crippen molar-refractivity contribution >= 4 is 6.29 Å². The van der Waals surface area contributed by atoms with Crippen LogP contribution in [0.15, 0.2) is 0 Å². The van der Waals surface area contributed by atoms with Crippen LogP contribution in [0, 0.1) is 0 Å². The van der Waals surface area contributed by atoms with Crippen LogP contribution in [0.2, 0.25) is 0 Å². The third kappa shape index (κ3) is 9.50. The molecule has 3 saturated heterocycles. The van der Waals surface area contributed by atoms with E-state index in [1.54, 1.807) is 0 Å². The van der Waals surface area contributed by atoms with Crippen molar-refractivity contribution in [1.82, 2.24) is 0 Å². The molecule has 3 aliphatic heterocycles. The number of aliphatic hydroxyl groups excluding tert-OH is 16. The largest absolute Gasteiger partial charge is 0.394 e. The highest BCUT2D eigenvalue weighted by Gasteiger charge is 2.50. The summed E-state index contributed by atoms with van der Waals surface area (Å²) in [5, 5.41) is 152. The summed E-state index contributed by atoms with van der Waals surface area (Å²) in [6.45, 7) is -2.98. The first-order chi connectivity index (χ1) is 21.6. The molecular formula is C24H44O22. The van der Waals surface area contributed by atoms with Crippen molar-refractivity contribution in [1.29, 1.82) is 0 Å². The molecule has 0 aliphatic carbocycles. The van der Waals surface area contributed by atoms with E-state index in [9.17, 15) is 71.2 Å². The van der Waals surface area contributed by atoms with E-state index < -0.39 is 143 Å². The highest BCUT2D eigenvalue weighted by molar-refractivity contribution is 5.56. The van der Waals surface area contributed by atoms with Gasteiger partial charge in [0.25, 0.3) is 0 Å². The summed E-state index contributed by atoms with van der Waals surface area (Å²) in [6, 6.07) is 0. The van der Waals surface area contributed by atoms with Gasteiger partial charge in [0, 0.05) is 0 Å². The maximum absolute atomic E-state index is 10.5. The SMILES string of the molecule is O=C[C@H](O)[C@@H](O)[C@H](OC1O[C@H](CO)[C@H](O)[C@H](O)[C@H]1O)[C@H](O)CO.OC[C@H]1O[C@@H](O[C@H]2[C@H](O)[C@@H](O)C(O)O[C@@H]2CO)[C@H](O)[C@@H](O)[C@H]1O. The van der Waals surface area contributed by atoms with E-state index in [1.165, 1.54) is 0 Å². The Bertz CT molecular complexity index is 881. The fraction of sp³-hybridized carbons (Fsp3) is 0.958. The molecule has 3 heterocycles. The third-order valence-electron chi connectivity index (χ3n) is 7.51. The van der Waals surface area contributed by atoms with Gasteiger partial charge in [-0.2, -0.15) is 0 Å². The van der Waals surface area contributed by atoms with Crippen LogP contribution in [0.5, 0.6) is 0 Å². The van der Waals surface area contributed by atoms with E-state index in [4.69, 9.17) is 39.0 Å². The van der Waals surface area contributed by atoms with E-state index in [2.05, 4.69) is 0 Å². The monoisotopic (exact) mass is 684 g/mol. The van der Waals surface area contributed by atoms with E-state index in [0.29, 0.717) is 0 Å². The van der Waals surface area contributed by atoms with Crippen LogP contribution in [0.4, 0.5) is 0 Å². The second-order valence-electron chi connectivity index (χ2n) is 10.7. The number of carbonyl (C=O) groups excluding carboxylic acids is 1. The van der Waals surface area contributed by atoms with Crippen molar-refractivity contribution in [3.63, 3.8) is 0 Å². The minimum atomic E-state index is -1.97. The summed E-state index contributed by atoms with van der Waals surface area (Å²) >= 11 is 0. The van der Waals surface area contributed by atoms with Crippen LogP contribution in [-0.4, -0.2) is 231 Å². The first kappa shape index (κ1) is 41.0. The van der Waals surface area contributed by atoms with Crippen LogP contribution < -0.4 is 0 Å². The summed E-state index contributed by atoms with van der Waals surface area (Å²) < 4.78 is 25.3. The number of aldehydes is 1. The average molecular weight is 685 g/mol. The standard InChI is InChI=1S/2C12H22O11/c13-1-3-5(15)6(16)9(19)12(22-3)23-10-4(2-14)21-11(20)8(18)7(10)17;13-1-4(16)7(18)11(5(17)2-14)23-12-10(21)9(20)8(19)6(3-15)22-12/h3-20H,1-2H2;1,4-12,14-21H,2-3H2/t3-,4-,5+,6+,7-,8-,9-,10-,11?,12+;4-,5+,6+,7+,8-,9-,10+,11+,12?/m10/s1. The number of carbonyl (C=O) groups is 1. The van der Waals surface area contributed by atoms with Gasteiger partial charge in [-0.25, -0.2) is 0 Å². The van der Waals surface area contributed by atoms with Gasteiger partial charge in [-0.05, 0) is 0 Å². The average Bonchev–Trinajstić information content (AvgIpc) is 3.06. The number of ether oxygens (including phenoxy) is 5. The van der Waals surface area contributed by atoms with Gasteiger partial charge in [-0.1, -0.05) is 0 Å². The zero-order chi connectivity index (χ0) is 35.0. The first-order valence-electron chi connectivity index (χ1n) is 13.9. The molecular weight excluding hydrogens is 640 g/mol. The van der Waals surface area contributed by atoms with Crippen LogP contribution in [0.1, 0.15) is 0 Å². The molecule has 0 saturated carbocycles.